The van der Waals surface area contributed by atoms with E-state index in [1.165, 1.54) is 12.1 Å². The second-order valence-electron chi connectivity index (χ2n) is 7.44. The van der Waals surface area contributed by atoms with Crippen molar-refractivity contribution in [3.05, 3.63) is 65.6 Å². The number of anilines is 2. The Morgan fingerprint density at radius 3 is 2.48 bits per heavy atom. The lowest BCUT2D eigenvalue weighted by atomic mass is 10.1. The Balaban J connectivity index is 1.53. The summed E-state index contributed by atoms with van der Waals surface area (Å²) < 4.78 is 13.1. The number of carbonyl (C=O) groups excluding carboxylic acids is 1. The molecule has 2 aromatic carbocycles. The fourth-order valence-electron chi connectivity index (χ4n) is 4.02. The number of amides is 2. The Hall–Kier alpha value is -2.86. The zero-order chi connectivity index (χ0) is 20.5. The molecule has 0 aliphatic carbocycles. The highest BCUT2D eigenvalue weighted by atomic mass is 35.5. The van der Waals surface area contributed by atoms with E-state index < -0.39 is 0 Å². The van der Waals surface area contributed by atoms with Crippen LogP contribution in [0.4, 0.5) is 20.6 Å². The van der Waals surface area contributed by atoms with Gasteiger partial charge in [0.2, 0.25) is 0 Å². The Kier molecular flexibility index (Phi) is 5.28. The number of nitrogens with zero attached hydrogens (tertiary/aromatic N) is 3. The third-order valence-corrected chi connectivity index (χ3v) is 5.51. The molecule has 1 saturated heterocycles. The quantitative estimate of drug-likeness (QED) is 0.632. The molecule has 2 heterocycles. The topological polar surface area (TPSA) is 48.5 Å². The maximum atomic E-state index is 13.1. The summed E-state index contributed by atoms with van der Waals surface area (Å²) in [6, 6.07) is 13.3. The molecule has 0 bridgehead atoms. The van der Waals surface area contributed by atoms with Crippen LogP contribution in [-0.2, 0) is 0 Å². The maximum Gasteiger partial charge on any atom is 0.322 e. The van der Waals surface area contributed by atoms with Crippen molar-refractivity contribution in [2.45, 2.75) is 25.9 Å². The Bertz CT molecular complexity index is 1030. The molecule has 1 aromatic heterocycles. The summed E-state index contributed by atoms with van der Waals surface area (Å²) >= 11 is 6.11. The van der Waals surface area contributed by atoms with E-state index in [9.17, 15) is 9.18 Å². The smallest absolute Gasteiger partial charge is 0.322 e. The highest BCUT2D eigenvalue weighted by Crippen LogP contribution is 2.30. The normalized spacial score (nSPS) is 19.4. The largest absolute Gasteiger partial charge is 0.367 e. The number of urea groups is 1. The third kappa shape index (κ3) is 3.98. The summed E-state index contributed by atoms with van der Waals surface area (Å²) in [6.45, 7) is 5.46. The Morgan fingerprint density at radius 1 is 1.10 bits per heavy atom. The number of carbonyl (C=O) groups is 1. The van der Waals surface area contributed by atoms with Crippen LogP contribution in [0.5, 0.6) is 0 Å². The van der Waals surface area contributed by atoms with Gasteiger partial charge in [0.25, 0.3) is 0 Å². The van der Waals surface area contributed by atoms with E-state index in [4.69, 9.17) is 11.6 Å². The van der Waals surface area contributed by atoms with E-state index in [0.717, 1.165) is 16.6 Å². The van der Waals surface area contributed by atoms with Crippen LogP contribution in [0.25, 0.3) is 10.9 Å². The average molecular weight is 413 g/mol. The number of benzene rings is 2. The standard InChI is InChI=1S/C22H22ClFN4O/c1-14-12-27(21-9-10-25-20-11-16(23)3-8-19(20)21)13-15(2)28(14)22(29)26-18-6-4-17(24)5-7-18/h3-11,14-15H,12-13H2,1-2H3,(H,26,29). The van der Waals surface area contributed by atoms with Gasteiger partial charge in [0, 0.05) is 53.2 Å². The minimum atomic E-state index is -0.329. The van der Waals surface area contributed by atoms with Gasteiger partial charge in [-0.25, -0.2) is 9.18 Å². The summed E-state index contributed by atoms with van der Waals surface area (Å²) in [7, 11) is 0. The molecule has 4 rings (SSSR count). The molecule has 1 N–H and O–H groups in total. The highest BCUT2D eigenvalue weighted by molar-refractivity contribution is 6.31. The summed E-state index contributed by atoms with van der Waals surface area (Å²) in [5.74, 6) is -0.329. The van der Waals surface area contributed by atoms with E-state index in [0.29, 0.717) is 23.8 Å². The van der Waals surface area contributed by atoms with Crippen LogP contribution < -0.4 is 10.2 Å². The predicted molar refractivity (Wildman–Crippen MR) is 115 cm³/mol. The van der Waals surface area contributed by atoms with Gasteiger partial charge < -0.3 is 15.1 Å². The molecule has 0 saturated carbocycles. The second kappa shape index (κ2) is 7.87. The number of fused-ring (bicyclic) bond motifs is 1. The molecule has 1 fully saturated rings. The monoisotopic (exact) mass is 412 g/mol. The minimum Gasteiger partial charge on any atom is -0.367 e. The molecule has 1 aliphatic rings. The first kappa shape index (κ1) is 19.5. The van der Waals surface area contributed by atoms with Gasteiger partial charge in [-0.1, -0.05) is 11.6 Å². The Labute approximate surface area is 174 Å². The fraction of sp³-hybridized carbons (Fsp3) is 0.273. The molecule has 0 radical (unpaired) electrons. The van der Waals surface area contributed by atoms with E-state index in [2.05, 4.69) is 15.2 Å². The van der Waals surface area contributed by atoms with Gasteiger partial charge in [0.15, 0.2) is 0 Å². The number of hydrogen-bond acceptors (Lipinski definition) is 3. The van der Waals surface area contributed by atoms with Crippen molar-refractivity contribution in [3.63, 3.8) is 0 Å². The number of nitrogens with one attached hydrogen (secondary N) is 1. The second-order valence-corrected chi connectivity index (χ2v) is 7.88. The lowest BCUT2D eigenvalue weighted by Crippen LogP contribution is -2.59. The third-order valence-electron chi connectivity index (χ3n) is 5.27. The Morgan fingerprint density at radius 2 is 1.79 bits per heavy atom. The van der Waals surface area contributed by atoms with E-state index in [1.807, 2.05) is 43.0 Å². The van der Waals surface area contributed by atoms with Crippen LogP contribution in [0, 0.1) is 5.82 Å². The van der Waals surface area contributed by atoms with Gasteiger partial charge >= 0.3 is 6.03 Å². The van der Waals surface area contributed by atoms with E-state index >= 15 is 0 Å². The van der Waals surface area contributed by atoms with Crippen LogP contribution in [-0.4, -0.2) is 41.1 Å². The molecule has 150 valence electrons. The summed E-state index contributed by atoms with van der Waals surface area (Å²) in [6.07, 6.45) is 1.79. The van der Waals surface area contributed by atoms with Gasteiger partial charge in [0.05, 0.1) is 5.52 Å². The first-order chi connectivity index (χ1) is 13.9. The first-order valence-corrected chi connectivity index (χ1v) is 9.94. The summed E-state index contributed by atoms with van der Waals surface area (Å²) in [4.78, 5) is 21.4. The molecule has 3 aromatic rings. The SMILES string of the molecule is CC1CN(c2ccnc3cc(Cl)ccc23)CC(C)N1C(=O)Nc1ccc(F)cc1. The summed E-state index contributed by atoms with van der Waals surface area (Å²) in [5, 5.41) is 4.57. The van der Waals surface area contributed by atoms with Crippen LogP contribution in [0.15, 0.2) is 54.7 Å². The summed E-state index contributed by atoms with van der Waals surface area (Å²) in [5.41, 5.74) is 2.52. The molecular weight excluding hydrogens is 391 g/mol. The number of rotatable bonds is 2. The van der Waals surface area contributed by atoms with E-state index in [-0.39, 0.29) is 23.9 Å². The van der Waals surface area contributed by atoms with Crippen molar-refractivity contribution in [3.8, 4) is 0 Å². The lowest BCUT2D eigenvalue weighted by Gasteiger charge is -2.45. The van der Waals surface area contributed by atoms with Crippen LogP contribution in [0.1, 0.15) is 13.8 Å². The molecule has 1 aliphatic heterocycles. The van der Waals surface area contributed by atoms with Crippen molar-refractivity contribution in [2.24, 2.45) is 0 Å². The zero-order valence-corrected chi connectivity index (χ0v) is 17.0. The minimum absolute atomic E-state index is 0.00489. The molecule has 29 heavy (non-hydrogen) atoms. The number of piperazine rings is 1. The maximum absolute atomic E-state index is 13.1. The van der Waals surface area contributed by atoms with Crippen molar-refractivity contribution < 1.29 is 9.18 Å². The molecule has 2 amide bonds. The number of hydrogen-bond donors (Lipinski definition) is 1. The first-order valence-electron chi connectivity index (χ1n) is 9.56. The van der Waals surface area contributed by atoms with Crippen molar-refractivity contribution in [1.82, 2.24) is 9.88 Å². The molecule has 2 unspecified atom stereocenters. The van der Waals surface area contributed by atoms with E-state index in [1.54, 1.807) is 18.3 Å². The van der Waals surface area contributed by atoms with Crippen LogP contribution >= 0.6 is 11.6 Å². The fourth-order valence-corrected chi connectivity index (χ4v) is 4.19. The number of halogens is 2. The molecule has 0 spiro atoms. The van der Waals surface area contributed by atoms with Gasteiger partial charge in [-0.15, -0.1) is 0 Å². The number of aromatic nitrogens is 1. The van der Waals surface area contributed by atoms with Crippen LogP contribution in [0.3, 0.4) is 0 Å². The molecule has 7 heteroatoms. The average Bonchev–Trinajstić information content (AvgIpc) is 2.68. The lowest BCUT2D eigenvalue weighted by molar-refractivity contribution is 0.154. The van der Waals surface area contributed by atoms with Gasteiger partial charge in [-0.2, -0.15) is 0 Å². The van der Waals surface area contributed by atoms with Gasteiger partial charge in [-0.05, 0) is 62.4 Å². The van der Waals surface area contributed by atoms with Crippen molar-refractivity contribution in [1.29, 1.82) is 0 Å². The zero-order valence-electron chi connectivity index (χ0n) is 16.3. The van der Waals surface area contributed by atoms with Gasteiger partial charge in [-0.3, -0.25) is 4.98 Å². The van der Waals surface area contributed by atoms with Crippen LogP contribution in [0.2, 0.25) is 5.02 Å². The van der Waals surface area contributed by atoms with Gasteiger partial charge in [0.1, 0.15) is 5.82 Å². The predicted octanol–water partition coefficient (Wildman–Crippen LogP) is 5.16. The van der Waals surface area contributed by atoms with Crippen molar-refractivity contribution in [2.75, 3.05) is 23.3 Å². The highest BCUT2D eigenvalue weighted by Gasteiger charge is 2.33. The molecular formula is C22H22ClFN4O. The number of pyridine rings is 1. The van der Waals surface area contributed by atoms with Crippen molar-refractivity contribution >= 4 is 39.9 Å². The molecule has 5 nitrogen and oxygen atoms in total. The molecule has 2 atom stereocenters.